The summed E-state index contributed by atoms with van der Waals surface area (Å²) in [4.78, 5) is 31.9. The van der Waals surface area contributed by atoms with E-state index in [1.807, 2.05) is 88.7 Å². The Kier molecular flexibility index (Phi) is 22.0. The Balaban J connectivity index is 0.000000114. The number of methoxy groups -OCH3 is 5. The summed E-state index contributed by atoms with van der Waals surface area (Å²) in [6.45, 7) is 14.0. The van der Waals surface area contributed by atoms with E-state index in [0.29, 0.717) is 68.7 Å². The van der Waals surface area contributed by atoms with Gasteiger partial charge in [0.15, 0.2) is 0 Å². The molecule has 0 spiro atoms. The van der Waals surface area contributed by atoms with Crippen LogP contribution in [0.4, 0.5) is 0 Å². The third-order valence-corrected chi connectivity index (χ3v) is 21.4. The highest BCUT2D eigenvalue weighted by Crippen LogP contribution is 2.36. The molecule has 4 aliphatic rings. The highest BCUT2D eigenvalue weighted by atomic mass is 32.1. The highest BCUT2D eigenvalue weighted by molar-refractivity contribution is 7.13. The maximum Gasteiger partial charge on any atom is 0.274 e. The zero-order valence-corrected chi connectivity index (χ0v) is 68.7. The van der Waals surface area contributed by atoms with Crippen LogP contribution in [0.3, 0.4) is 0 Å². The summed E-state index contributed by atoms with van der Waals surface area (Å²) in [6.07, 6.45) is 21.5. The van der Waals surface area contributed by atoms with Crippen molar-refractivity contribution in [3.63, 3.8) is 0 Å². The van der Waals surface area contributed by atoms with Crippen LogP contribution in [0.2, 0.25) is 0 Å². The van der Waals surface area contributed by atoms with E-state index in [9.17, 15) is 0 Å². The largest absolute Gasteiger partial charge is 0.473 e. The number of hydrogen-bond acceptors (Lipinski definition) is 22. The lowest BCUT2D eigenvalue weighted by Gasteiger charge is -2.10. The molecular weight excluding hydrogens is 1530 g/mol. The molecule has 120 heavy (non-hydrogen) atoms. The van der Waals surface area contributed by atoms with Crippen molar-refractivity contribution in [3.8, 4) is 98.1 Å². The van der Waals surface area contributed by atoms with Gasteiger partial charge in [-0.1, -0.05) is 75.2 Å². The standard InChI is InChI=1S/C24H22N6O.C23H20N6O.C21H19N7O.C21H18N6O2S/c1-4-17-10-18(13-25-12-17)6-7-19-22-11-23-20(14-31-3)27-28-30(23)24-9-16(2)5-8-21(24)29(22)15-26-19;1-15-4-7-20-23(9-15)29-22(19(13-30-3)26-27-29)10-21-18(25-14-28(20)21)6-5-17-8-16(2)11-24-12-17;1-14-4-7-18-21(10-14)28-20(17(12-29-3)23-25-28)11-19-16(22-13-27(18)19)6-5-15-8-9-26(2)24-15;1-13-4-7-17-20(8-13)27-19(16(11-28-2)24-25-27)9-18-15(23-12-26(17)18)6-5-14-10-22-21(29-3)30-14/h5,8-10,12-13,15H,4,11,14H2,1-3H3;4,7-9,11-12,14H,10,13H2,1-3H3;4,7-10,13H,11-12H2,1-3H3;4,7-8,10,12H,9,11H2,1-3H3. The Hall–Kier alpha value is -14.7. The van der Waals surface area contributed by atoms with E-state index in [4.69, 9.17) is 23.7 Å². The van der Waals surface area contributed by atoms with Gasteiger partial charge < -0.3 is 23.7 Å². The smallest absolute Gasteiger partial charge is 0.274 e. The van der Waals surface area contributed by atoms with Crippen LogP contribution in [-0.4, -0.2) is 158 Å². The van der Waals surface area contributed by atoms with Gasteiger partial charge in [0.1, 0.15) is 81.4 Å². The Bertz CT molecular complexity index is 6880. The van der Waals surface area contributed by atoms with Gasteiger partial charge in [-0.3, -0.25) is 32.9 Å². The van der Waals surface area contributed by atoms with Crippen molar-refractivity contribution in [1.29, 1.82) is 0 Å². The quantitative estimate of drug-likeness (QED) is 0.115. The molecular formula is C89H79N25O5S. The minimum Gasteiger partial charge on any atom is -0.473 e. The molecule has 0 atom stereocenters. The first-order valence-corrected chi connectivity index (χ1v) is 39.3. The molecule has 0 unspecified atom stereocenters. The predicted octanol–water partition coefficient (Wildman–Crippen LogP) is 10.7. The molecule has 4 aliphatic heterocycles. The predicted molar refractivity (Wildman–Crippen MR) is 445 cm³/mol. The summed E-state index contributed by atoms with van der Waals surface area (Å²) in [5, 5.41) is 40.0. The van der Waals surface area contributed by atoms with Crippen LogP contribution in [0.5, 0.6) is 5.19 Å². The minimum atomic E-state index is 0.395. The van der Waals surface area contributed by atoms with Crippen molar-refractivity contribution in [2.45, 2.75) is 100 Å². The van der Waals surface area contributed by atoms with Gasteiger partial charge in [0.25, 0.3) is 5.19 Å². The van der Waals surface area contributed by atoms with Crippen molar-refractivity contribution in [3.05, 3.63) is 300 Å². The van der Waals surface area contributed by atoms with Crippen LogP contribution in [0.1, 0.15) is 153 Å². The van der Waals surface area contributed by atoms with Crippen molar-refractivity contribution >= 4 is 11.3 Å². The molecule has 0 radical (unpaired) electrons. The van der Waals surface area contributed by atoms with E-state index in [1.54, 1.807) is 58.8 Å². The molecule has 0 amide bonds. The van der Waals surface area contributed by atoms with Gasteiger partial charge in [-0.2, -0.15) is 5.10 Å². The molecule has 0 saturated carbocycles. The van der Waals surface area contributed by atoms with Crippen molar-refractivity contribution in [2.75, 3.05) is 35.5 Å². The maximum absolute atomic E-state index is 5.36. The number of thiazole rings is 1. The van der Waals surface area contributed by atoms with Crippen LogP contribution < -0.4 is 4.74 Å². The summed E-state index contributed by atoms with van der Waals surface area (Å²) in [5.41, 5.74) is 31.3. The fourth-order valence-corrected chi connectivity index (χ4v) is 15.2. The molecule has 16 aromatic rings. The number of aryl methyl sites for hydroxylation is 7. The van der Waals surface area contributed by atoms with Gasteiger partial charge in [-0.15, -0.1) is 20.4 Å². The molecule has 596 valence electrons. The van der Waals surface area contributed by atoms with E-state index in [1.165, 1.54) is 16.9 Å². The van der Waals surface area contributed by atoms with Gasteiger partial charge >= 0.3 is 0 Å². The number of nitrogens with zero attached hydrogens (tertiary/aromatic N) is 25. The van der Waals surface area contributed by atoms with Crippen molar-refractivity contribution < 1.29 is 23.7 Å². The first kappa shape index (κ1) is 77.9. The number of ether oxygens (including phenoxy) is 5. The van der Waals surface area contributed by atoms with Crippen LogP contribution in [0.15, 0.2) is 153 Å². The Morgan fingerprint density at radius 3 is 1.07 bits per heavy atom. The van der Waals surface area contributed by atoms with Gasteiger partial charge in [0.2, 0.25) is 0 Å². The summed E-state index contributed by atoms with van der Waals surface area (Å²) >= 11 is 1.40. The average Bonchev–Trinajstić information content (AvgIpc) is 1.62. The number of pyridine rings is 2. The first-order chi connectivity index (χ1) is 58.6. The molecule has 20 rings (SSSR count). The second kappa shape index (κ2) is 33.9. The SMILES string of the molecule is CCc1cncc(C#Cc2ncn3c2Cc2c(COC)nnn2-c2cc(C)ccc2-3)c1.COCc1nnn2c1Cc1c(C#Cc3ccn(C)n3)ncn1-c1ccc(C)cc1-2.COCc1nnn2c1Cc1c(C#Cc3cnc(OC)s3)ncn1-c1ccc(C)cc1-2.COCc1nnn2c1Cc1c(C#Cc3cncc(C)c3)ncn1-c1ccc(C)cc1-2. The molecule has 0 bridgehead atoms. The topological polar surface area (TPSA) is 297 Å². The molecule has 31 heteroatoms. The molecule has 0 saturated heterocycles. The second-order valence-corrected chi connectivity index (χ2v) is 29.9. The first-order valence-electron chi connectivity index (χ1n) is 38.5. The zero-order chi connectivity index (χ0) is 82.7. The van der Waals surface area contributed by atoms with Crippen molar-refractivity contribution in [2.24, 2.45) is 7.05 Å². The fourth-order valence-electron chi connectivity index (χ4n) is 14.7. The summed E-state index contributed by atoms with van der Waals surface area (Å²) in [7, 11) is 10.1. The van der Waals surface area contributed by atoms with Crippen LogP contribution >= 0.6 is 11.3 Å². The lowest BCUT2D eigenvalue weighted by atomic mass is 10.1. The van der Waals surface area contributed by atoms with Crippen LogP contribution in [0.25, 0.3) is 45.5 Å². The minimum absolute atomic E-state index is 0.395. The van der Waals surface area contributed by atoms with Gasteiger partial charge in [-0.25, -0.2) is 43.6 Å². The molecule has 4 aromatic carbocycles. The number of aromatic nitrogens is 25. The Morgan fingerprint density at radius 1 is 0.367 bits per heavy atom. The van der Waals surface area contributed by atoms with E-state index in [-0.39, 0.29) is 0 Å². The number of imidazole rings is 4. The summed E-state index contributed by atoms with van der Waals surface area (Å²) < 4.78 is 44.2. The fraction of sp³-hybridized carbons (Fsp3) is 0.236. The molecule has 0 fully saturated rings. The number of fused-ring (bicyclic) bond motifs is 20. The van der Waals surface area contributed by atoms with Gasteiger partial charge in [0, 0.05) is 103 Å². The lowest BCUT2D eigenvalue weighted by molar-refractivity contribution is 0.180. The summed E-state index contributed by atoms with van der Waals surface area (Å²) in [5.74, 6) is 25.6. The van der Waals surface area contributed by atoms with E-state index in [0.717, 1.165) is 181 Å². The normalized spacial score (nSPS) is 11.7. The molecule has 0 N–H and O–H groups in total. The zero-order valence-electron chi connectivity index (χ0n) is 67.9. The Morgan fingerprint density at radius 2 is 0.733 bits per heavy atom. The third kappa shape index (κ3) is 15.6. The summed E-state index contributed by atoms with van der Waals surface area (Å²) in [6, 6.07) is 31.1. The van der Waals surface area contributed by atoms with E-state index >= 15 is 0 Å². The third-order valence-electron chi connectivity index (χ3n) is 20.5. The lowest BCUT2D eigenvalue weighted by Crippen LogP contribution is -2.04. The molecule has 30 nitrogen and oxygen atoms in total. The van der Waals surface area contributed by atoms with Crippen molar-refractivity contribution in [1.82, 2.24) is 123 Å². The van der Waals surface area contributed by atoms with Gasteiger partial charge in [-0.05, 0) is 177 Å². The number of rotatable bonds is 10. The molecule has 16 heterocycles. The van der Waals surface area contributed by atoms with Gasteiger partial charge in [0.05, 0.1) is 131 Å². The monoisotopic (exact) mass is 1610 g/mol. The van der Waals surface area contributed by atoms with E-state index < -0.39 is 0 Å². The average molecular weight is 1610 g/mol. The van der Waals surface area contributed by atoms with Crippen LogP contribution in [-0.2, 0) is 84.5 Å². The molecule has 0 aliphatic carbocycles. The molecule has 12 aromatic heterocycles. The second-order valence-electron chi connectivity index (χ2n) is 28.9. The maximum atomic E-state index is 5.36. The number of hydrogen-bond donors (Lipinski definition) is 0. The number of benzene rings is 4. The van der Waals surface area contributed by atoms with E-state index in [2.05, 4.69) is 260 Å². The Labute approximate surface area is 694 Å². The van der Waals surface area contributed by atoms with Crippen LogP contribution in [0, 0.1) is 82.0 Å². The highest BCUT2D eigenvalue weighted by Gasteiger charge is 2.31.